The molecule has 1 aromatic carbocycles. The van der Waals surface area contributed by atoms with Gasteiger partial charge in [0, 0.05) is 11.3 Å². The zero-order valence-electron chi connectivity index (χ0n) is 8.52. The maximum Gasteiger partial charge on any atom is 0.223 e. The molecule has 0 aliphatic rings. The van der Waals surface area contributed by atoms with Gasteiger partial charge in [0.1, 0.15) is 11.9 Å². The predicted molar refractivity (Wildman–Crippen MR) is 55.6 cm³/mol. The van der Waals surface area contributed by atoms with Gasteiger partial charge in [-0.1, -0.05) is 18.2 Å². The molecule has 2 N–H and O–H groups in total. The number of nitro groups is 1. The zero-order valence-corrected chi connectivity index (χ0v) is 8.52. The van der Waals surface area contributed by atoms with Crippen LogP contribution in [0.15, 0.2) is 30.3 Å². The van der Waals surface area contributed by atoms with Crippen LogP contribution in [-0.2, 0) is 0 Å². The smallest absolute Gasteiger partial charge is 0.223 e. The third kappa shape index (κ3) is 4.24. The van der Waals surface area contributed by atoms with Gasteiger partial charge < -0.3 is 14.9 Å². The first-order valence-electron chi connectivity index (χ1n) is 4.79. The van der Waals surface area contributed by atoms with Gasteiger partial charge in [0.15, 0.2) is 0 Å². The van der Waals surface area contributed by atoms with Crippen LogP contribution < -0.4 is 4.74 Å². The van der Waals surface area contributed by atoms with E-state index < -0.39 is 23.9 Å². The maximum atomic E-state index is 10.1. The molecule has 1 rings (SSSR count). The van der Waals surface area contributed by atoms with E-state index in [4.69, 9.17) is 4.74 Å². The summed E-state index contributed by atoms with van der Waals surface area (Å²) in [5.41, 5.74) is 0. The molecule has 0 aliphatic heterocycles. The van der Waals surface area contributed by atoms with E-state index in [0.717, 1.165) is 0 Å². The number of aliphatic hydroxyl groups excluding tert-OH is 2. The topological polar surface area (TPSA) is 92.8 Å². The average Bonchev–Trinajstić information content (AvgIpc) is 2.27. The van der Waals surface area contributed by atoms with E-state index in [-0.39, 0.29) is 6.42 Å². The fourth-order valence-corrected chi connectivity index (χ4v) is 1.10. The van der Waals surface area contributed by atoms with E-state index in [0.29, 0.717) is 5.75 Å². The Hall–Kier alpha value is -1.66. The minimum Gasteiger partial charge on any atom is -0.462 e. The van der Waals surface area contributed by atoms with Crippen molar-refractivity contribution in [2.24, 2.45) is 0 Å². The molecule has 6 nitrogen and oxygen atoms in total. The van der Waals surface area contributed by atoms with Crippen molar-refractivity contribution in [3.63, 3.8) is 0 Å². The molecule has 0 amide bonds. The lowest BCUT2D eigenvalue weighted by atomic mass is 10.2. The van der Waals surface area contributed by atoms with Crippen LogP contribution in [0.5, 0.6) is 5.75 Å². The summed E-state index contributed by atoms with van der Waals surface area (Å²) in [4.78, 5) is 9.50. The molecule has 0 bridgehead atoms. The SMILES string of the molecule is O=[N+]([O-])CCC(O)C(O)Oc1ccccc1. The van der Waals surface area contributed by atoms with Crippen LogP contribution in [0, 0.1) is 10.1 Å². The van der Waals surface area contributed by atoms with Gasteiger partial charge in [0.25, 0.3) is 0 Å². The fourth-order valence-electron chi connectivity index (χ4n) is 1.10. The van der Waals surface area contributed by atoms with E-state index in [2.05, 4.69) is 0 Å². The van der Waals surface area contributed by atoms with Gasteiger partial charge in [-0.25, -0.2) is 0 Å². The Morgan fingerprint density at radius 1 is 1.31 bits per heavy atom. The van der Waals surface area contributed by atoms with E-state index in [1.54, 1.807) is 30.3 Å². The van der Waals surface area contributed by atoms with E-state index in [9.17, 15) is 20.3 Å². The molecule has 0 radical (unpaired) electrons. The van der Waals surface area contributed by atoms with Crippen molar-refractivity contribution in [3.05, 3.63) is 40.4 Å². The molecule has 1 aromatic rings. The second kappa shape index (κ2) is 6.04. The number of nitrogens with zero attached hydrogens (tertiary/aromatic N) is 1. The van der Waals surface area contributed by atoms with Crippen molar-refractivity contribution < 1.29 is 19.9 Å². The number of rotatable bonds is 6. The Kier molecular flexibility index (Phi) is 4.68. The first kappa shape index (κ1) is 12.4. The lowest BCUT2D eigenvalue weighted by Gasteiger charge is -2.17. The third-order valence-corrected chi connectivity index (χ3v) is 1.94. The van der Waals surface area contributed by atoms with E-state index in [1.807, 2.05) is 0 Å². The first-order valence-corrected chi connectivity index (χ1v) is 4.79. The van der Waals surface area contributed by atoms with Crippen LogP contribution in [0.2, 0.25) is 0 Å². The van der Waals surface area contributed by atoms with Crippen molar-refractivity contribution in [2.75, 3.05) is 6.54 Å². The highest BCUT2D eigenvalue weighted by Crippen LogP contribution is 2.12. The number of ether oxygens (including phenoxy) is 1. The van der Waals surface area contributed by atoms with Gasteiger partial charge in [-0.3, -0.25) is 10.1 Å². The molecule has 0 spiro atoms. The summed E-state index contributed by atoms with van der Waals surface area (Å²) in [6, 6.07) is 8.44. The molecule has 0 aromatic heterocycles. The second-order valence-corrected chi connectivity index (χ2v) is 3.23. The average molecular weight is 227 g/mol. The van der Waals surface area contributed by atoms with Gasteiger partial charge in [-0.2, -0.15) is 0 Å². The van der Waals surface area contributed by atoms with Crippen LogP contribution >= 0.6 is 0 Å². The van der Waals surface area contributed by atoms with Crippen LogP contribution in [0.3, 0.4) is 0 Å². The summed E-state index contributed by atoms with van der Waals surface area (Å²) in [5.74, 6) is 0.398. The molecule has 0 heterocycles. The zero-order chi connectivity index (χ0) is 12.0. The maximum absolute atomic E-state index is 10.1. The highest BCUT2D eigenvalue weighted by atomic mass is 16.6. The Bertz CT molecular complexity index is 329. The molecule has 0 fully saturated rings. The summed E-state index contributed by atoms with van der Waals surface area (Å²) in [6.07, 6.45) is -2.88. The Balaban J connectivity index is 2.39. The van der Waals surface area contributed by atoms with Crippen LogP contribution in [0.1, 0.15) is 6.42 Å². The summed E-state index contributed by atoms with van der Waals surface area (Å²) in [7, 11) is 0. The molecule has 2 unspecified atom stereocenters. The summed E-state index contributed by atoms with van der Waals surface area (Å²) in [6.45, 7) is -0.406. The number of hydrogen-bond donors (Lipinski definition) is 2. The Morgan fingerprint density at radius 3 is 2.50 bits per heavy atom. The number of hydrogen-bond acceptors (Lipinski definition) is 5. The minimum atomic E-state index is -1.46. The molecule has 0 saturated heterocycles. The third-order valence-electron chi connectivity index (χ3n) is 1.94. The van der Waals surface area contributed by atoms with Crippen molar-refractivity contribution in [3.8, 4) is 5.75 Å². The summed E-state index contributed by atoms with van der Waals surface area (Å²) in [5, 5.41) is 28.8. The number of aliphatic hydroxyl groups is 2. The molecular formula is C10H13NO5. The fraction of sp³-hybridized carbons (Fsp3) is 0.400. The van der Waals surface area contributed by atoms with Crippen LogP contribution in [0.25, 0.3) is 0 Å². The monoisotopic (exact) mass is 227 g/mol. The van der Waals surface area contributed by atoms with Crippen molar-refractivity contribution in [2.45, 2.75) is 18.8 Å². The second-order valence-electron chi connectivity index (χ2n) is 3.23. The largest absolute Gasteiger partial charge is 0.462 e. The Morgan fingerprint density at radius 2 is 1.94 bits per heavy atom. The predicted octanol–water partition coefficient (Wildman–Crippen LogP) is 0.411. The molecule has 16 heavy (non-hydrogen) atoms. The molecule has 0 saturated carbocycles. The number of para-hydroxylation sites is 1. The first-order chi connectivity index (χ1) is 7.59. The van der Waals surface area contributed by atoms with Crippen molar-refractivity contribution >= 4 is 0 Å². The lowest BCUT2D eigenvalue weighted by molar-refractivity contribution is -0.482. The summed E-state index contributed by atoms with van der Waals surface area (Å²) >= 11 is 0. The molecule has 88 valence electrons. The number of benzene rings is 1. The van der Waals surface area contributed by atoms with Gasteiger partial charge in [0.05, 0.1) is 0 Å². The Labute approximate surface area is 92.2 Å². The normalized spacial score (nSPS) is 14.1. The van der Waals surface area contributed by atoms with Gasteiger partial charge in [0.2, 0.25) is 12.8 Å². The van der Waals surface area contributed by atoms with E-state index >= 15 is 0 Å². The van der Waals surface area contributed by atoms with Gasteiger partial charge in [-0.05, 0) is 12.1 Å². The van der Waals surface area contributed by atoms with Crippen LogP contribution in [-0.4, -0.2) is 34.1 Å². The molecular weight excluding hydrogens is 214 g/mol. The summed E-state index contributed by atoms with van der Waals surface area (Å²) < 4.78 is 4.99. The van der Waals surface area contributed by atoms with Crippen LogP contribution in [0.4, 0.5) is 0 Å². The van der Waals surface area contributed by atoms with Gasteiger partial charge >= 0.3 is 0 Å². The van der Waals surface area contributed by atoms with Gasteiger partial charge in [-0.15, -0.1) is 0 Å². The quantitative estimate of drug-likeness (QED) is 0.417. The standard InChI is InChI=1S/C10H13NO5/c12-9(6-7-11(14)15)10(13)16-8-4-2-1-3-5-8/h1-5,9-10,12-13H,6-7H2. The van der Waals surface area contributed by atoms with Crippen molar-refractivity contribution in [1.82, 2.24) is 0 Å². The van der Waals surface area contributed by atoms with E-state index in [1.165, 1.54) is 0 Å². The molecule has 0 aliphatic carbocycles. The lowest BCUT2D eigenvalue weighted by Crippen LogP contribution is -2.32. The molecule has 6 heteroatoms. The molecule has 2 atom stereocenters. The van der Waals surface area contributed by atoms with Crippen molar-refractivity contribution in [1.29, 1.82) is 0 Å². The minimum absolute atomic E-state index is 0.152. The highest BCUT2D eigenvalue weighted by molar-refractivity contribution is 5.21. The highest BCUT2D eigenvalue weighted by Gasteiger charge is 2.19.